The van der Waals surface area contributed by atoms with Crippen LogP contribution in [0.3, 0.4) is 0 Å². The van der Waals surface area contributed by atoms with E-state index < -0.39 is 38.6 Å². The molecule has 0 bridgehead atoms. The fraction of sp³-hybridized carbons (Fsp3) is 0.0909. The number of amides is 2. The first-order valence-electron chi connectivity index (χ1n) is 9.28. The SMILES string of the molecule is NC(=O)c1ccc(NC(=O)[C@@H](Cc2ccccc2)NS(=O)(=O)c2ccccc2F)cc1. The summed E-state index contributed by atoms with van der Waals surface area (Å²) in [5.74, 6) is -2.18. The topological polar surface area (TPSA) is 118 Å². The van der Waals surface area contributed by atoms with Crippen molar-refractivity contribution in [2.24, 2.45) is 5.73 Å². The van der Waals surface area contributed by atoms with Crippen LogP contribution < -0.4 is 15.8 Å². The molecule has 0 unspecified atom stereocenters. The molecule has 0 saturated heterocycles. The second-order valence-electron chi connectivity index (χ2n) is 6.72. The van der Waals surface area contributed by atoms with Gasteiger partial charge in [0.1, 0.15) is 16.8 Å². The van der Waals surface area contributed by atoms with Gasteiger partial charge in [0.15, 0.2) is 0 Å². The third-order valence-corrected chi connectivity index (χ3v) is 5.96. The van der Waals surface area contributed by atoms with E-state index in [1.807, 2.05) is 0 Å². The molecule has 0 aliphatic heterocycles. The molecule has 9 heteroatoms. The lowest BCUT2D eigenvalue weighted by Crippen LogP contribution is -2.45. The minimum atomic E-state index is -4.31. The summed E-state index contributed by atoms with van der Waals surface area (Å²) in [7, 11) is -4.31. The minimum Gasteiger partial charge on any atom is -0.366 e. The molecule has 7 nitrogen and oxygen atoms in total. The molecule has 31 heavy (non-hydrogen) atoms. The van der Waals surface area contributed by atoms with Gasteiger partial charge in [0.2, 0.25) is 21.8 Å². The summed E-state index contributed by atoms with van der Waals surface area (Å²) in [5.41, 5.74) is 6.52. The van der Waals surface area contributed by atoms with Gasteiger partial charge in [0, 0.05) is 11.3 Å². The zero-order valence-corrected chi connectivity index (χ0v) is 17.1. The third kappa shape index (κ3) is 5.74. The van der Waals surface area contributed by atoms with E-state index >= 15 is 0 Å². The van der Waals surface area contributed by atoms with Gasteiger partial charge in [-0.2, -0.15) is 4.72 Å². The van der Waals surface area contributed by atoms with E-state index in [9.17, 15) is 22.4 Å². The average molecular weight is 441 g/mol. The van der Waals surface area contributed by atoms with Crippen LogP contribution in [0.4, 0.5) is 10.1 Å². The Morgan fingerprint density at radius 1 is 0.903 bits per heavy atom. The number of sulfonamides is 1. The van der Waals surface area contributed by atoms with E-state index in [1.54, 1.807) is 30.3 Å². The van der Waals surface area contributed by atoms with Crippen LogP contribution in [0.5, 0.6) is 0 Å². The maximum atomic E-state index is 14.1. The summed E-state index contributed by atoms with van der Waals surface area (Å²) < 4.78 is 41.8. The summed E-state index contributed by atoms with van der Waals surface area (Å²) in [6, 6.07) is 18.3. The lowest BCUT2D eigenvalue weighted by Gasteiger charge is -2.19. The summed E-state index contributed by atoms with van der Waals surface area (Å²) in [6.45, 7) is 0. The number of nitrogens with one attached hydrogen (secondary N) is 2. The second-order valence-corrected chi connectivity index (χ2v) is 8.41. The molecule has 0 aliphatic rings. The Bertz CT molecular complexity index is 1180. The maximum Gasteiger partial charge on any atom is 0.248 e. The van der Waals surface area contributed by atoms with Crippen molar-refractivity contribution in [3.63, 3.8) is 0 Å². The summed E-state index contributed by atoms with van der Waals surface area (Å²) in [4.78, 5) is 23.5. The first kappa shape index (κ1) is 22.1. The highest BCUT2D eigenvalue weighted by atomic mass is 32.2. The largest absolute Gasteiger partial charge is 0.366 e. The van der Waals surface area contributed by atoms with E-state index in [1.165, 1.54) is 36.4 Å². The van der Waals surface area contributed by atoms with Crippen LogP contribution in [0.2, 0.25) is 0 Å². The van der Waals surface area contributed by atoms with Crippen molar-refractivity contribution in [3.05, 3.63) is 95.8 Å². The van der Waals surface area contributed by atoms with E-state index in [4.69, 9.17) is 5.73 Å². The molecular weight excluding hydrogens is 421 g/mol. The van der Waals surface area contributed by atoms with Crippen molar-refractivity contribution in [3.8, 4) is 0 Å². The van der Waals surface area contributed by atoms with Crippen LogP contribution in [0, 0.1) is 5.82 Å². The first-order valence-corrected chi connectivity index (χ1v) is 10.8. The number of halogens is 1. The normalized spacial score (nSPS) is 12.2. The van der Waals surface area contributed by atoms with Gasteiger partial charge in [0.25, 0.3) is 0 Å². The van der Waals surface area contributed by atoms with Crippen molar-refractivity contribution < 1.29 is 22.4 Å². The molecule has 1 atom stereocenters. The lowest BCUT2D eigenvalue weighted by molar-refractivity contribution is -0.117. The number of nitrogens with two attached hydrogens (primary N) is 1. The van der Waals surface area contributed by atoms with E-state index in [2.05, 4.69) is 10.0 Å². The molecule has 0 radical (unpaired) electrons. The second kappa shape index (κ2) is 9.50. The standard InChI is InChI=1S/C22H20FN3O4S/c23-18-8-4-5-9-20(18)31(29,30)26-19(14-15-6-2-1-3-7-15)22(28)25-17-12-10-16(11-13-17)21(24)27/h1-13,19,26H,14H2,(H2,24,27)(H,25,28)/t19-/m1/s1. The molecule has 3 aromatic rings. The molecule has 0 spiro atoms. The molecule has 0 aliphatic carbocycles. The highest BCUT2D eigenvalue weighted by molar-refractivity contribution is 7.89. The van der Waals surface area contributed by atoms with Gasteiger partial charge < -0.3 is 11.1 Å². The lowest BCUT2D eigenvalue weighted by atomic mass is 10.1. The molecule has 0 saturated carbocycles. The number of hydrogen-bond acceptors (Lipinski definition) is 4. The van der Waals surface area contributed by atoms with Crippen LogP contribution in [-0.4, -0.2) is 26.3 Å². The maximum absolute atomic E-state index is 14.1. The van der Waals surface area contributed by atoms with Crippen molar-refractivity contribution in [1.29, 1.82) is 0 Å². The number of rotatable bonds is 8. The molecule has 3 rings (SSSR count). The molecule has 0 aromatic heterocycles. The highest BCUT2D eigenvalue weighted by Gasteiger charge is 2.28. The number of benzene rings is 3. The molecule has 2 amide bonds. The Morgan fingerprint density at radius 2 is 1.52 bits per heavy atom. The quantitative estimate of drug-likeness (QED) is 0.498. The van der Waals surface area contributed by atoms with E-state index in [-0.39, 0.29) is 12.0 Å². The highest BCUT2D eigenvalue weighted by Crippen LogP contribution is 2.16. The number of primary amides is 1. The molecule has 0 heterocycles. The summed E-state index contributed by atoms with van der Waals surface area (Å²) >= 11 is 0. The molecular formula is C22H20FN3O4S. The molecule has 3 aromatic carbocycles. The van der Waals surface area contributed by atoms with Gasteiger partial charge in [-0.3, -0.25) is 9.59 Å². The number of carbonyl (C=O) groups excluding carboxylic acids is 2. The van der Waals surface area contributed by atoms with Gasteiger partial charge in [-0.05, 0) is 48.4 Å². The number of carbonyl (C=O) groups is 2. The Hall–Kier alpha value is -3.56. The molecule has 0 fully saturated rings. The van der Waals surface area contributed by atoms with Crippen molar-refractivity contribution in [1.82, 2.24) is 4.72 Å². The van der Waals surface area contributed by atoms with Gasteiger partial charge in [-0.1, -0.05) is 42.5 Å². The average Bonchev–Trinajstić information content (AvgIpc) is 2.74. The first-order chi connectivity index (χ1) is 14.8. The fourth-order valence-electron chi connectivity index (χ4n) is 2.90. The van der Waals surface area contributed by atoms with Gasteiger partial charge in [0.05, 0.1) is 0 Å². The monoisotopic (exact) mass is 441 g/mol. The van der Waals surface area contributed by atoms with Crippen LogP contribution in [-0.2, 0) is 21.2 Å². The summed E-state index contributed by atoms with van der Waals surface area (Å²) in [5, 5.41) is 2.61. The van der Waals surface area contributed by atoms with Crippen LogP contribution in [0.15, 0.2) is 83.8 Å². The fourth-order valence-corrected chi connectivity index (χ4v) is 4.17. The summed E-state index contributed by atoms with van der Waals surface area (Å²) in [6.07, 6.45) is 0.0414. The van der Waals surface area contributed by atoms with Crippen LogP contribution >= 0.6 is 0 Å². The molecule has 4 N–H and O–H groups in total. The van der Waals surface area contributed by atoms with Gasteiger partial charge >= 0.3 is 0 Å². The van der Waals surface area contributed by atoms with Gasteiger partial charge in [-0.25, -0.2) is 12.8 Å². The number of anilines is 1. The van der Waals surface area contributed by atoms with Crippen LogP contribution in [0.1, 0.15) is 15.9 Å². The smallest absolute Gasteiger partial charge is 0.248 e. The Labute approximate surface area is 179 Å². The van der Waals surface area contributed by atoms with Crippen molar-refractivity contribution in [2.75, 3.05) is 5.32 Å². The molecule has 160 valence electrons. The minimum absolute atomic E-state index is 0.0414. The van der Waals surface area contributed by atoms with Crippen molar-refractivity contribution in [2.45, 2.75) is 17.4 Å². The Balaban J connectivity index is 1.86. The van der Waals surface area contributed by atoms with E-state index in [0.717, 1.165) is 12.1 Å². The van der Waals surface area contributed by atoms with Crippen molar-refractivity contribution >= 4 is 27.5 Å². The van der Waals surface area contributed by atoms with Gasteiger partial charge in [-0.15, -0.1) is 0 Å². The Morgan fingerprint density at radius 3 is 2.13 bits per heavy atom. The Kier molecular flexibility index (Phi) is 6.78. The number of hydrogen-bond donors (Lipinski definition) is 3. The predicted octanol–water partition coefficient (Wildman–Crippen LogP) is 2.45. The van der Waals surface area contributed by atoms with E-state index in [0.29, 0.717) is 11.3 Å². The zero-order chi connectivity index (χ0) is 22.4. The predicted molar refractivity (Wildman–Crippen MR) is 114 cm³/mol. The third-order valence-electron chi connectivity index (χ3n) is 4.46. The zero-order valence-electron chi connectivity index (χ0n) is 16.3. The van der Waals surface area contributed by atoms with Crippen LogP contribution in [0.25, 0.3) is 0 Å².